The summed E-state index contributed by atoms with van der Waals surface area (Å²) in [5.41, 5.74) is 0.552. The van der Waals surface area contributed by atoms with Gasteiger partial charge in [0.25, 0.3) is 5.91 Å². The summed E-state index contributed by atoms with van der Waals surface area (Å²) >= 11 is 0. The standard InChI is InChI=1S/C25H35N3O6/c1-16-21(32-5)14-28(3)25(30)19-8-6-7-17(13-26)23(19)33-15-22-20(31-4)10-9-18(34-22)11-12-27(2)24(16)29/h6-8,16,18,20-22H,9-12,14-15H2,1-5H3/t16-,18+,20-,21+,22+/m1/s1. The fourth-order valence-corrected chi connectivity index (χ4v) is 4.63. The van der Waals surface area contributed by atoms with Gasteiger partial charge >= 0.3 is 0 Å². The Morgan fingerprint density at radius 2 is 1.79 bits per heavy atom. The Labute approximate surface area is 201 Å². The van der Waals surface area contributed by atoms with E-state index in [1.165, 1.54) is 12.0 Å². The second kappa shape index (κ2) is 11.6. The smallest absolute Gasteiger partial charge is 0.257 e. The second-order valence-electron chi connectivity index (χ2n) is 9.05. The van der Waals surface area contributed by atoms with E-state index in [1.807, 2.05) is 6.92 Å². The van der Waals surface area contributed by atoms with Gasteiger partial charge in [-0.15, -0.1) is 0 Å². The lowest BCUT2D eigenvalue weighted by Crippen LogP contribution is -2.47. The molecular weight excluding hydrogens is 438 g/mol. The average Bonchev–Trinajstić information content (AvgIpc) is 2.86. The van der Waals surface area contributed by atoms with Crippen LogP contribution in [0.2, 0.25) is 0 Å². The number of nitrogens with zero attached hydrogens (tertiary/aromatic N) is 3. The van der Waals surface area contributed by atoms with E-state index in [0.717, 1.165) is 12.8 Å². The first-order valence-corrected chi connectivity index (χ1v) is 11.7. The third-order valence-corrected chi connectivity index (χ3v) is 6.83. The maximum absolute atomic E-state index is 13.4. The maximum atomic E-state index is 13.4. The highest BCUT2D eigenvalue weighted by atomic mass is 16.6. The third-order valence-electron chi connectivity index (χ3n) is 6.83. The molecule has 1 aromatic rings. The van der Waals surface area contributed by atoms with Gasteiger partial charge in [0.15, 0.2) is 0 Å². The zero-order chi connectivity index (χ0) is 24.8. The van der Waals surface area contributed by atoms with Crippen molar-refractivity contribution in [2.75, 3.05) is 48.0 Å². The van der Waals surface area contributed by atoms with Crippen LogP contribution in [0, 0.1) is 17.2 Å². The highest BCUT2D eigenvalue weighted by Gasteiger charge is 2.34. The van der Waals surface area contributed by atoms with E-state index >= 15 is 0 Å². The van der Waals surface area contributed by atoms with Gasteiger partial charge in [-0.25, -0.2) is 0 Å². The Morgan fingerprint density at radius 3 is 2.47 bits per heavy atom. The van der Waals surface area contributed by atoms with Crippen molar-refractivity contribution in [3.05, 3.63) is 29.3 Å². The molecule has 0 radical (unpaired) electrons. The molecule has 0 unspecified atom stereocenters. The topological polar surface area (TPSA) is 101 Å². The SMILES string of the molecule is CO[C@H]1CN(C)C(=O)c2cccc(C#N)c2OC[C@@H]2O[C@@H](CC[C@H]2OC)CCN(C)C(=O)[C@@H]1C. The molecule has 1 saturated heterocycles. The number of para-hydroxylation sites is 1. The van der Waals surface area contributed by atoms with Crippen LogP contribution in [0.15, 0.2) is 18.2 Å². The van der Waals surface area contributed by atoms with Crippen LogP contribution in [0.25, 0.3) is 0 Å². The number of hydrogen-bond donors (Lipinski definition) is 0. The highest BCUT2D eigenvalue weighted by molar-refractivity contribution is 5.97. The molecule has 0 aromatic heterocycles. The normalized spacial score (nSPS) is 29.2. The molecule has 2 bridgehead atoms. The first-order valence-electron chi connectivity index (χ1n) is 11.7. The van der Waals surface area contributed by atoms with Crippen LogP contribution < -0.4 is 4.74 Å². The number of amides is 2. The Kier molecular flexibility index (Phi) is 8.89. The van der Waals surface area contributed by atoms with E-state index in [2.05, 4.69) is 6.07 Å². The molecule has 9 nitrogen and oxygen atoms in total. The lowest BCUT2D eigenvalue weighted by atomic mass is 9.98. The van der Waals surface area contributed by atoms with Crippen molar-refractivity contribution < 1.29 is 28.5 Å². The molecule has 0 saturated carbocycles. The van der Waals surface area contributed by atoms with Gasteiger partial charge in [0.05, 0.1) is 35.4 Å². The molecule has 2 heterocycles. The van der Waals surface area contributed by atoms with Gasteiger partial charge in [0.2, 0.25) is 5.91 Å². The van der Waals surface area contributed by atoms with Gasteiger partial charge < -0.3 is 28.7 Å². The molecule has 2 aliphatic rings. The Morgan fingerprint density at radius 1 is 1.06 bits per heavy atom. The number of likely N-dealkylation sites (N-methyl/N-ethyl adjacent to an activating group) is 1. The third kappa shape index (κ3) is 5.69. The molecule has 1 aromatic carbocycles. The summed E-state index contributed by atoms with van der Waals surface area (Å²) in [7, 11) is 6.61. The van der Waals surface area contributed by atoms with E-state index in [0.29, 0.717) is 13.0 Å². The van der Waals surface area contributed by atoms with Crippen molar-refractivity contribution in [3.63, 3.8) is 0 Å². The summed E-state index contributed by atoms with van der Waals surface area (Å²) in [4.78, 5) is 29.7. The number of carbonyl (C=O) groups excluding carboxylic acids is 2. The zero-order valence-corrected chi connectivity index (χ0v) is 20.7. The summed E-state index contributed by atoms with van der Waals surface area (Å²) in [6, 6.07) is 7.04. The maximum Gasteiger partial charge on any atom is 0.257 e. The van der Waals surface area contributed by atoms with Crippen LogP contribution in [0.1, 0.15) is 42.1 Å². The molecule has 2 aliphatic heterocycles. The van der Waals surface area contributed by atoms with Gasteiger partial charge in [-0.3, -0.25) is 9.59 Å². The molecule has 0 N–H and O–H groups in total. The number of fused-ring (bicyclic) bond motifs is 3. The number of carbonyl (C=O) groups is 2. The number of nitriles is 1. The molecule has 2 amide bonds. The summed E-state index contributed by atoms with van der Waals surface area (Å²) in [5, 5.41) is 9.66. The quantitative estimate of drug-likeness (QED) is 0.648. The monoisotopic (exact) mass is 473 g/mol. The zero-order valence-electron chi connectivity index (χ0n) is 20.7. The summed E-state index contributed by atoms with van der Waals surface area (Å²) in [5.74, 6) is -0.582. The van der Waals surface area contributed by atoms with Crippen molar-refractivity contribution in [1.29, 1.82) is 5.26 Å². The summed E-state index contributed by atoms with van der Waals surface area (Å²) in [6.45, 7) is 2.72. The Balaban J connectivity index is 1.98. The molecule has 0 spiro atoms. The van der Waals surface area contributed by atoms with Crippen LogP contribution in [0.4, 0.5) is 0 Å². The average molecular weight is 474 g/mol. The lowest BCUT2D eigenvalue weighted by Gasteiger charge is -2.37. The van der Waals surface area contributed by atoms with E-state index in [-0.39, 0.29) is 60.2 Å². The van der Waals surface area contributed by atoms with E-state index in [9.17, 15) is 14.9 Å². The summed E-state index contributed by atoms with van der Waals surface area (Å²) in [6.07, 6.45) is 1.25. The van der Waals surface area contributed by atoms with Crippen LogP contribution >= 0.6 is 0 Å². The number of hydrogen-bond acceptors (Lipinski definition) is 7. The molecule has 0 aliphatic carbocycles. The molecule has 9 heteroatoms. The van der Waals surface area contributed by atoms with Gasteiger partial charge in [0.1, 0.15) is 24.5 Å². The van der Waals surface area contributed by atoms with E-state index in [1.54, 1.807) is 44.3 Å². The minimum absolute atomic E-state index is 0.0441. The van der Waals surface area contributed by atoms with Crippen molar-refractivity contribution in [1.82, 2.24) is 9.80 Å². The number of methoxy groups -OCH3 is 2. The van der Waals surface area contributed by atoms with Gasteiger partial charge in [-0.1, -0.05) is 13.0 Å². The molecule has 5 atom stereocenters. The number of benzene rings is 1. The molecule has 34 heavy (non-hydrogen) atoms. The Bertz CT molecular complexity index is 916. The lowest BCUT2D eigenvalue weighted by molar-refractivity contribution is -0.147. The minimum atomic E-state index is -0.488. The van der Waals surface area contributed by atoms with Gasteiger partial charge in [-0.05, 0) is 31.4 Å². The largest absolute Gasteiger partial charge is 0.489 e. The fraction of sp³-hybridized carbons (Fsp3) is 0.640. The van der Waals surface area contributed by atoms with Crippen molar-refractivity contribution >= 4 is 11.8 Å². The fourth-order valence-electron chi connectivity index (χ4n) is 4.63. The van der Waals surface area contributed by atoms with Gasteiger partial charge in [-0.2, -0.15) is 5.26 Å². The molecule has 1 fully saturated rings. The van der Waals surface area contributed by atoms with Crippen molar-refractivity contribution in [2.24, 2.45) is 5.92 Å². The molecule has 3 rings (SSSR count). The minimum Gasteiger partial charge on any atom is -0.489 e. The predicted molar refractivity (Wildman–Crippen MR) is 125 cm³/mol. The van der Waals surface area contributed by atoms with E-state index < -0.39 is 12.0 Å². The number of rotatable bonds is 2. The second-order valence-corrected chi connectivity index (χ2v) is 9.05. The van der Waals surface area contributed by atoms with Crippen LogP contribution in [0.5, 0.6) is 5.75 Å². The van der Waals surface area contributed by atoms with Gasteiger partial charge in [0, 0.05) is 41.4 Å². The Hall–Kier alpha value is -2.67. The van der Waals surface area contributed by atoms with Crippen molar-refractivity contribution in [3.8, 4) is 11.8 Å². The molecule has 186 valence electrons. The predicted octanol–water partition coefficient (Wildman–Crippen LogP) is 2.08. The summed E-state index contributed by atoms with van der Waals surface area (Å²) < 4.78 is 23.6. The van der Waals surface area contributed by atoms with Crippen LogP contribution in [-0.2, 0) is 19.0 Å². The molecular formula is C25H35N3O6. The number of ether oxygens (including phenoxy) is 4. The van der Waals surface area contributed by atoms with E-state index in [4.69, 9.17) is 18.9 Å². The van der Waals surface area contributed by atoms with Crippen molar-refractivity contribution in [2.45, 2.75) is 50.6 Å². The highest BCUT2D eigenvalue weighted by Crippen LogP contribution is 2.29. The van der Waals surface area contributed by atoms with Crippen LogP contribution in [-0.4, -0.2) is 94.0 Å². The first kappa shape index (κ1) is 25.9. The first-order chi connectivity index (χ1) is 16.3. The van der Waals surface area contributed by atoms with Crippen LogP contribution in [0.3, 0.4) is 0 Å².